The maximum Gasteiger partial charge on any atom is 0.223 e. The van der Waals surface area contributed by atoms with Crippen molar-refractivity contribution in [2.75, 3.05) is 13.7 Å². The van der Waals surface area contributed by atoms with Gasteiger partial charge >= 0.3 is 0 Å². The standard InChI is InChI=1S/C13H14ClNO3/c1-18-12-5-4-9(6-10(12)14)11(16)7-15-13(17)8-2-3-8/h4-6,8H,2-3,7H2,1H3,(H,15,17). The molecule has 1 aromatic rings. The van der Waals surface area contributed by atoms with Crippen LogP contribution in [0.4, 0.5) is 0 Å². The number of ketones is 1. The van der Waals surface area contributed by atoms with Crippen LogP contribution >= 0.6 is 11.6 Å². The highest BCUT2D eigenvalue weighted by molar-refractivity contribution is 6.32. The molecule has 0 radical (unpaired) electrons. The molecule has 0 aliphatic heterocycles. The van der Waals surface area contributed by atoms with E-state index in [9.17, 15) is 9.59 Å². The molecule has 0 unspecified atom stereocenters. The third-order valence-corrected chi connectivity index (χ3v) is 3.14. The van der Waals surface area contributed by atoms with E-state index in [0.717, 1.165) is 12.8 Å². The molecular formula is C13H14ClNO3. The number of ether oxygens (including phenoxy) is 1. The van der Waals surface area contributed by atoms with Crippen LogP contribution in [0.5, 0.6) is 5.75 Å². The number of Topliss-reactive ketones (excluding diaryl/α,β-unsaturated/α-hetero) is 1. The van der Waals surface area contributed by atoms with E-state index >= 15 is 0 Å². The monoisotopic (exact) mass is 267 g/mol. The first-order valence-corrected chi connectivity index (χ1v) is 6.14. The zero-order valence-electron chi connectivity index (χ0n) is 10.0. The molecule has 0 aromatic heterocycles. The van der Waals surface area contributed by atoms with E-state index < -0.39 is 0 Å². The molecule has 0 heterocycles. The molecule has 0 atom stereocenters. The van der Waals surface area contributed by atoms with Gasteiger partial charge in [0.1, 0.15) is 5.75 Å². The summed E-state index contributed by atoms with van der Waals surface area (Å²) in [6.07, 6.45) is 1.85. The molecule has 0 bridgehead atoms. The number of amides is 1. The zero-order valence-corrected chi connectivity index (χ0v) is 10.8. The highest BCUT2D eigenvalue weighted by Gasteiger charge is 2.29. The minimum absolute atomic E-state index is 0.0119. The van der Waals surface area contributed by atoms with E-state index in [1.54, 1.807) is 18.2 Å². The predicted molar refractivity (Wildman–Crippen MR) is 68.1 cm³/mol. The molecule has 2 rings (SSSR count). The van der Waals surface area contributed by atoms with E-state index in [1.165, 1.54) is 7.11 Å². The third-order valence-electron chi connectivity index (χ3n) is 2.85. The largest absolute Gasteiger partial charge is 0.495 e. The Morgan fingerprint density at radius 3 is 2.72 bits per heavy atom. The van der Waals surface area contributed by atoms with Crippen LogP contribution in [0.3, 0.4) is 0 Å². The lowest BCUT2D eigenvalue weighted by atomic mass is 10.1. The van der Waals surface area contributed by atoms with Crippen LogP contribution < -0.4 is 10.1 Å². The van der Waals surface area contributed by atoms with Crippen LogP contribution in [-0.2, 0) is 4.79 Å². The van der Waals surface area contributed by atoms with E-state index in [-0.39, 0.29) is 24.2 Å². The SMILES string of the molecule is COc1ccc(C(=O)CNC(=O)C2CC2)cc1Cl. The van der Waals surface area contributed by atoms with Gasteiger partial charge < -0.3 is 10.1 Å². The Labute approximate surface area is 110 Å². The highest BCUT2D eigenvalue weighted by atomic mass is 35.5. The fourth-order valence-electron chi connectivity index (χ4n) is 1.60. The Bertz CT molecular complexity index is 483. The van der Waals surface area contributed by atoms with Gasteiger partial charge in [0.2, 0.25) is 5.91 Å². The van der Waals surface area contributed by atoms with Crippen molar-refractivity contribution < 1.29 is 14.3 Å². The fraction of sp³-hybridized carbons (Fsp3) is 0.385. The van der Waals surface area contributed by atoms with Crippen LogP contribution in [0, 0.1) is 5.92 Å². The second-order valence-electron chi connectivity index (χ2n) is 4.26. The van der Waals surface area contributed by atoms with Gasteiger partial charge in [-0.05, 0) is 31.0 Å². The molecule has 1 aromatic carbocycles. The molecule has 1 saturated carbocycles. The molecule has 0 saturated heterocycles. The Morgan fingerprint density at radius 2 is 2.17 bits per heavy atom. The van der Waals surface area contributed by atoms with Crippen molar-refractivity contribution in [2.24, 2.45) is 5.92 Å². The van der Waals surface area contributed by atoms with Crippen molar-refractivity contribution in [3.8, 4) is 5.75 Å². The van der Waals surface area contributed by atoms with E-state index in [0.29, 0.717) is 16.3 Å². The molecule has 1 amide bonds. The van der Waals surface area contributed by atoms with Gasteiger partial charge in [-0.25, -0.2) is 0 Å². The number of rotatable bonds is 5. The van der Waals surface area contributed by atoms with Crippen molar-refractivity contribution in [3.63, 3.8) is 0 Å². The predicted octanol–water partition coefficient (Wildman–Crippen LogP) is 2.06. The topological polar surface area (TPSA) is 55.4 Å². The lowest BCUT2D eigenvalue weighted by Gasteiger charge is -2.06. The van der Waals surface area contributed by atoms with Gasteiger partial charge in [0.05, 0.1) is 18.7 Å². The molecule has 1 aliphatic rings. The Hall–Kier alpha value is -1.55. The number of methoxy groups -OCH3 is 1. The lowest BCUT2D eigenvalue weighted by Crippen LogP contribution is -2.30. The molecule has 4 nitrogen and oxygen atoms in total. The Morgan fingerprint density at radius 1 is 1.44 bits per heavy atom. The highest BCUT2D eigenvalue weighted by Crippen LogP contribution is 2.28. The van der Waals surface area contributed by atoms with Crippen LogP contribution in [0.1, 0.15) is 23.2 Å². The van der Waals surface area contributed by atoms with E-state index in [4.69, 9.17) is 16.3 Å². The molecule has 1 fully saturated rings. The summed E-state index contributed by atoms with van der Waals surface area (Å²) in [5, 5.41) is 3.01. The van der Waals surface area contributed by atoms with Crippen LogP contribution in [0.25, 0.3) is 0 Å². The van der Waals surface area contributed by atoms with Crippen LogP contribution in [0.2, 0.25) is 5.02 Å². The molecule has 0 spiro atoms. The maximum absolute atomic E-state index is 11.8. The van der Waals surface area contributed by atoms with Crippen molar-refractivity contribution >= 4 is 23.3 Å². The number of carbonyl (C=O) groups is 2. The maximum atomic E-state index is 11.8. The summed E-state index contributed by atoms with van der Waals surface area (Å²) in [5.74, 6) is 0.434. The summed E-state index contributed by atoms with van der Waals surface area (Å²) in [7, 11) is 1.51. The fourth-order valence-corrected chi connectivity index (χ4v) is 1.86. The molecule has 18 heavy (non-hydrogen) atoms. The number of hydrogen-bond donors (Lipinski definition) is 1. The Kier molecular flexibility index (Phi) is 3.87. The van der Waals surface area contributed by atoms with Gasteiger partial charge in [0, 0.05) is 11.5 Å². The average molecular weight is 268 g/mol. The molecule has 5 heteroatoms. The van der Waals surface area contributed by atoms with Gasteiger partial charge in [-0.3, -0.25) is 9.59 Å². The van der Waals surface area contributed by atoms with Gasteiger partial charge in [-0.15, -0.1) is 0 Å². The quantitative estimate of drug-likeness (QED) is 0.831. The second-order valence-corrected chi connectivity index (χ2v) is 4.67. The molecule has 96 valence electrons. The number of halogens is 1. The summed E-state index contributed by atoms with van der Waals surface area (Å²) in [5.41, 5.74) is 0.469. The van der Waals surface area contributed by atoms with Crippen LogP contribution in [-0.4, -0.2) is 25.3 Å². The zero-order chi connectivity index (χ0) is 13.1. The smallest absolute Gasteiger partial charge is 0.223 e. The lowest BCUT2D eigenvalue weighted by molar-refractivity contribution is -0.122. The Balaban J connectivity index is 1.95. The van der Waals surface area contributed by atoms with Gasteiger partial charge in [0.15, 0.2) is 5.78 Å². The summed E-state index contributed by atoms with van der Waals surface area (Å²) in [6.45, 7) is 0.0119. The normalized spacial score (nSPS) is 14.1. The van der Waals surface area contributed by atoms with Crippen molar-refractivity contribution in [1.82, 2.24) is 5.32 Å². The number of hydrogen-bond acceptors (Lipinski definition) is 3. The summed E-state index contributed by atoms with van der Waals surface area (Å²) in [6, 6.07) is 4.82. The molecule has 1 aliphatic carbocycles. The minimum atomic E-state index is -0.159. The average Bonchev–Trinajstić information content (AvgIpc) is 3.19. The minimum Gasteiger partial charge on any atom is -0.495 e. The van der Waals surface area contributed by atoms with Gasteiger partial charge in [-0.2, -0.15) is 0 Å². The summed E-state index contributed by atoms with van der Waals surface area (Å²) < 4.78 is 5.00. The summed E-state index contributed by atoms with van der Waals surface area (Å²) >= 11 is 5.93. The molecule has 1 N–H and O–H groups in total. The van der Waals surface area contributed by atoms with Crippen molar-refractivity contribution in [1.29, 1.82) is 0 Å². The third kappa shape index (κ3) is 3.01. The number of carbonyl (C=O) groups excluding carboxylic acids is 2. The van der Waals surface area contributed by atoms with Crippen molar-refractivity contribution in [3.05, 3.63) is 28.8 Å². The summed E-state index contributed by atoms with van der Waals surface area (Å²) in [4.78, 5) is 23.2. The first-order valence-electron chi connectivity index (χ1n) is 5.76. The van der Waals surface area contributed by atoms with Gasteiger partial charge in [0.25, 0.3) is 0 Å². The van der Waals surface area contributed by atoms with Crippen LogP contribution in [0.15, 0.2) is 18.2 Å². The van der Waals surface area contributed by atoms with E-state index in [2.05, 4.69) is 5.32 Å². The van der Waals surface area contributed by atoms with Crippen molar-refractivity contribution in [2.45, 2.75) is 12.8 Å². The van der Waals surface area contributed by atoms with Gasteiger partial charge in [-0.1, -0.05) is 11.6 Å². The first-order chi connectivity index (χ1) is 8.61. The first kappa shape index (κ1) is 12.9. The number of benzene rings is 1. The molecular weight excluding hydrogens is 254 g/mol. The van der Waals surface area contributed by atoms with E-state index in [1.807, 2.05) is 0 Å². The number of nitrogens with one attached hydrogen (secondary N) is 1. The second kappa shape index (κ2) is 5.40.